The molecule has 0 radical (unpaired) electrons. The Hall–Kier alpha value is -3.88. The van der Waals surface area contributed by atoms with Crippen LogP contribution in [0.4, 0.5) is 11.5 Å². The number of ether oxygens (including phenoxy) is 2. The van der Waals surface area contributed by atoms with Gasteiger partial charge in [-0.05, 0) is 18.6 Å². The summed E-state index contributed by atoms with van der Waals surface area (Å²) in [6.45, 7) is 2.05. The number of hydrogen-bond donors (Lipinski definition) is 1. The number of para-hydroxylation sites is 1. The summed E-state index contributed by atoms with van der Waals surface area (Å²) in [7, 11) is 3.11. The Morgan fingerprint density at radius 2 is 2.00 bits per heavy atom. The molecule has 2 aromatic carbocycles. The Morgan fingerprint density at radius 1 is 1.21 bits per heavy atom. The number of nitrogens with zero attached hydrogens (tertiary/aromatic N) is 3. The maximum absolute atomic E-state index is 12.7. The molecule has 9 heteroatoms. The molecule has 0 aliphatic rings. The van der Waals surface area contributed by atoms with Gasteiger partial charge in [-0.3, -0.25) is 14.9 Å². The molecular weight excluding hydrogens is 376 g/mol. The number of benzene rings is 2. The molecule has 3 aromatic rings. The minimum Gasteiger partial charge on any atom is -0.493 e. The van der Waals surface area contributed by atoms with Gasteiger partial charge in [-0.2, -0.15) is 5.10 Å². The molecule has 1 aromatic heterocycles. The van der Waals surface area contributed by atoms with Gasteiger partial charge in [0.15, 0.2) is 11.5 Å². The second-order valence-electron chi connectivity index (χ2n) is 6.24. The summed E-state index contributed by atoms with van der Waals surface area (Å²) in [5.74, 6) is 1.17. The van der Waals surface area contributed by atoms with E-state index in [2.05, 4.69) is 10.4 Å². The number of nitro benzene ring substituents is 1. The van der Waals surface area contributed by atoms with Gasteiger partial charge < -0.3 is 14.8 Å². The summed E-state index contributed by atoms with van der Waals surface area (Å²) in [4.78, 5) is 23.2. The van der Waals surface area contributed by atoms with Gasteiger partial charge in [-0.25, -0.2) is 4.68 Å². The monoisotopic (exact) mass is 396 g/mol. The molecule has 0 atom stereocenters. The molecule has 0 spiro atoms. The van der Waals surface area contributed by atoms with Crippen molar-refractivity contribution >= 4 is 17.4 Å². The smallest absolute Gasteiger partial charge is 0.270 e. The molecule has 1 amide bonds. The Kier molecular flexibility index (Phi) is 5.77. The third-order valence-corrected chi connectivity index (χ3v) is 4.44. The van der Waals surface area contributed by atoms with Crippen LogP contribution in [0.15, 0.2) is 48.7 Å². The number of nitro groups is 1. The van der Waals surface area contributed by atoms with Gasteiger partial charge in [0, 0.05) is 29.3 Å². The standard InChI is InChI=1S/C20H20N4O5/c1-13-7-8-15(24(26)27)11-16(13)20(25)22-18-9-10-21-23(18)12-14-5-4-6-17(28-2)19(14)29-3/h4-11H,12H2,1-3H3,(H,22,25). The molecule has 1 N–H and O–H groups in total. The van der Waals surface area contributed by atoms with Crippen molar-refractivity contribution in [2.24, 2.45) is 0 Å². The summed E-state index contributed by atoms with van der Waals surface area (Å²) >= 11 is 0. The number of aryl methyl sites for hydroxylation is 1. The van der Waals surface area contributed by atoms with Crippen LogP contribution in [0.25, 0.3) is 0 Å². The van der Waals surface area contributed by atoms with E-state index < -0.39 is 10.8 Å². The first-order valence-electron chi connectivity index (χ1n) is 8.72. The predicted molar refractivity (Wildman–Crippen MR) is 107 cm³/mol. The molecule has 0 unspecified atom stereocenters. The van der Waals surface area contributed by atoms with Crippen molar-refractivity contribution in [3.8, 4) is 11.5 Å². The number of amides is 1. The van der Waals surface area contributed by atoms with Crippen molar-refractivity contribution in [1.29, 1.82) is 0 Å². The molecule has 0 aliphatic carbocycles. The summed E-state index contributed by atoms with van der Waals surface area (Å²) < 4.78 is 12.4. The zero-order chi connectivity index (χ0) is 21.0. The molecule has 9 nitrogen and oxygen atoms in total. The molecule has 150 valence electrons. The van der Waals surface area contributed by atoms with Crippen LogP contribution in [-0.2, 0) is 6.54 Å². The van der Waals surface area contributed by atoms with E-state index in [1.165, 1.54) is 12.1 Å². The highest BCUT2D eigenvalue weighted by Crippen LogP contribution is 2.31. The molecule has 0 bridgehead atoms. The van der Waals surface area contributed by atoms with Crippen molar-refractivity contribution in [1.82, 2.24) is 9.78 Å². The van der Waals surface area contributed by atoms with Crippen molar-refractivity contribution in [2.45, 2.75) is 13.5 Å². The highest BCUT2D eigenvalue weighted by atomic mass is 16.6. The molecule has 1 heterocycles. The average molecular weight is 396 g/mol. The number of non-ortho nitro benzene ring substituents is 1. The van der Waals surface area contributed by atoms with Crippen molar-refractivity contribution in [3.63, 3.8) is 0 Å². The van der Waals surface area contributed by atoms with Crippen molar-refractivity contribution in [2.75, 3.05) is 19.5 Å². The highest BCUT2D eigenvalue weighted by Gasteiger charge is 2.17. The van der Waals surface area contributed by atoms with E-state index in [0.29, 0.717) is 29.4 Å². The largest absolute Gasteiger partial charge is 0.493 e. The van der Waals surface area contributed by atoms with Crippen LogP contribution in [0.1, 0.15) is 21.5 Å². The number of anilines is 1. The Bertz CT molecular complexity index is 1060. The van der Waals surface area contributed by atoms with Gasteiger partial charge in [-0.1, -0.05) is 18.2 Å². The van der Waals surface area contributed by atoms with Crippen LogP contribution >= 0.6 is 0 Å². The first-order chi connectivity index (χ1) is 13.9. The van der Waals surface area contributed by atoms with Gasteiger partial charge in [0.2, 0.25) is 0 Å². The predicted octanol–water partition coefficient (Wildman–Crippen LogP) is 3.42. The van der Waals surface area contributed by atoms with Gasteiger partial charge in [0.05, 0.1) is 31.9 Å². The van der Waals surface area contributed by atoms with Crippen LogP contribution in [-0.4, -0.2) is 34.8 Å². The van der Waals surface area contributed by atoms with Crippen molar-refractivity contribution in [3.05, 3.63) is 75.5 Å². The number of carbonyl (C=O) groups is 1. The third-order valence-electron chi connectivity index (χ3n) is 4.44. The number of rotatable bonds is 7. The molecule has 0 saturated heterocycles. The van der Waals surface area contributed by atoms with E-state index in [9.17, 15) is 14.9 Å². The fourth-order valence-electron chi connectivity index (χ4n) is 2.96. The van der Waals surface area contributed by atoms with Crippen LogP contribution in [0.3, 0.4) is 0 Å². The number of nitrogens with one attached hydrogen (secondary N) is 1. The molecular formula is C20H20N4O5. The van der Waals surface area contributed by atoms with Crippen LogP contribution < -0.4 is 14.8 Å². The van der Waals surface area contributed by atoms with Gasteiger partial charge in [-0.15, -0.1) is 0 Å². The second-order valence-corrected chi connectivity index (χ2v) is 6.24. The topological polar surface area (TPSA) is 109 Å². The highest BCUT2D eigenvalue weighted by molar-refractivity contribution is 6.05. The lowest BCUT2D eigenvalue weighted by Gasteiger charge is -2.14. The summed E-state index contributed by atoms with van der Waals surface area (Å²) in [5, 5.41) is 18.0. The number of methoxy groups -OCH3 is 2. The van der Waals surface area contributed by atoms with Gasteiger partial charge >= 0.3 is 0 Å². The minimum atomic E-state index is -0.532. The Morgan fingerprint density at radius 3 is 2.69 bits per heavy atom. The van der Waals surface area contributed by atoms with Crippen LogP contribution in [0.5, 0.6) is 11.5 Å². The Labute approximate surface area is 167 Å². The molecule has 29 heavy (non-hydrogen) atoms. The Balaban J connectivity index is 1.86. The molecule has 0 saturated carbocycles. The first kappa shape index (κ1) is 19.9. The van der Waals surface area contributed by atoms with E-state index in [4.69, 9.17) is 9.47 Å². The normalized spacial score (nSPS) is 10.4. The van der Waals surface area contributed by atoms with E-state index in [1.807, 2.05) is 12.1 Å². The number of carbonyl (C=O) groups excluding carboxylic acids is 1. The van der Waals surface area contributed by atoms with E-state index in [1.54, 1.807) is 50.2 Å². The maximum Gasteiger partial charge on any atom is 0.270 e. The number of aromatic nitrogens is 2. The zero-order valence-electron chi connectivity index (χ0n) is 16.2. The summed E-state index contributed by atoms with van der Waals surface area (Å²) in [6.07, 6.45) is 1.56. The van der Waals surface area contributed by atoms with Crippen LogP contribution in [0, 0.1) is 17.0 Å². The lowest BCUT2D eigenvalue weighted by atomic mass is 10.1. The summed E-state index contributed by atoms with van der Waals surface area (Å²) in [6, 6.07) is 11.3. The lowest BCUT2D eigenvalue weighted by Crippen LogP contribution is -2.17. The fraction of sp³-hybridized carbons (Fsp3) is 0.200. The SMILES string of the molecule is COc1cccc(Cn2nccc2NC(=O)c2cc([N+](=O)[O-])ccc2C)c1OC. The number of hydrogen-bond acceptors (Lipinski definition) is 6. The second kappa shape index (κ2) is 8.42. The third kappa shape index (κ3) is 4.18. The van der Waals surface area contributed by atoms with E-state index in [-0.39, 0.29) is 11.3 Å². The zero-order valence-corrected chi connectivity index (χ0v) is 16.2. The van der Waals surface area contributed by atoms with Crippen LogP contribution in [0.2, 0.25) is 0 Å². The molecule has 3 rings (SSSR count). The minimum absolute atomic E-state index is 0.143. The molecule has 0 fully saturated rings. The van der Waals surface area contributed by atoms with Gasteiger partial charge in [0.1, 0.15) is 5.82 Å². The summed E-state index contributed by atoms with van der Waals surface area (Å²) in [5.41, 5.74) is 1.53. The maximum atomic E-state index is 12.7. The molecule has 0 aliphatic heterocycles. The quantitative estimate of drug-likeness (QED) is 0.484. The first-order valence-corrected chi connectivity index (χ1v) is 8.72. The average Bonchev–Trinajstić information content (AvgIpc) is 3.14. The fourth-order valence-corrected chi connectivity index (χ4v) is 2.96. The van der Waals surface area contributed by atoms with E-state index in [0.717, 1.165) is 5.56 Å². The lowest BCUT2D eigenvalue weighted by molar-refractivity contribution is -0.384. The van der Waals surface area contributed by atoms with Gasteiger partial charge in [0.25, 0.3) is 11.6 Å². The van der Waals surface area contributed by atoms with Crippen molar-refractivity contribution < 1.29 is 19.2 Å². The van der Waals surface area contributed by atoms with E-state index >= 15 is 0 Å².